The first-order chi connectivity index (χ1) is 12.1. The Morgan fingerprint density at radius 3 is 2.28 bits per heavy atom. The van der Waals surface area contributed by atoms with Gasteiger partial charge in [-0.2, -0.15) is 0 Å². The molecule has 1 fully saturated rings. The molecule has 0 aliphatic carbocycles. The zero-order chi connectivity index (χ0) is 17.8. The Labute approximate surface area is 157 Å². The van der Waals surface area contributed by atoms with Crippen LogP contribution < -0.4 is 0 Å². The molecule has 0 aromatic heterocycles. The van der Waals surface area contributed by atoms with Crippen molar-refractivity contribution >= 4 is 40.8 Å². The summed E-state index contributed by atoms with van der Waals surface area (Å²) in [4.78, 5) is 45.6. The zero-order valence-electron chi connectivity index (χ0n) is 14.0. The molecule has 2 heterocycles. The van der Waals surface area contributed by atoms with E-state index in [1.165, 1.54) is 0 Å². The van der Waals surface area contributed by atoms with E-state index in [0.717, 1.165) is 0 Å². The van der Waals surface area contributed by atoms with E-state index in [4.69, 9.17) is 4.84 Å². The summed E-state index contributed by atoms with van der Waals surface area (Å²) < 4.78 is 1.42. The molecule has 1 aromatic carbocycles. The van der Waals surface area contributed by atoms with Crippen molar-refractivity contribution in [3.05, 3.63) is 48.2 Å². The van der Waals surface area contributed by atoms with Gasteiger partial charge in [-0.1, -0.05) is 0 Å². The molecule has 2 aliphatic rings. The molecule has 2 amide bonds. The van der Waals surface area contributed by atoms with Crippen LogP contribution in [0.5, 0.6) is 0 Å². The van der Waals surface area contributed by atoms with Gasteiger partial charge in [0.15, 0.2) is 0 Å². The predicted molar refractivity (Wildman–Crippen MR) is 91.4 cm³/mol. The van der Waals surface area contributed by atoms with Crippen LogP contribution in [0, 0.1) is 0 Å². The molecule has 0 bridgehead atoms. The zero-order valence-corrected chi connectivity index (χ0v) is 17.3. The van der Waals surface area contributed by atoms with E-state index in [1.54, 1.807) is 44.4 Å². The van der Waals surface area contributed by atoms with Crippen LogP contribution in [0.4, 0.5) is 0 Å². The summed E-state index contributed by atoms with van der Waals surface area (Å²) in [6, 6.07) is 9.09. The van der Waals surface area contributed by atoms with Gasteiger partial charge < -0.3 is 0 Å². The van der Waals surface area contributed by atoms with Crippen LogP contribution in [-0.2, 0) is 14.4 Å². The van der Waals surface area contributed by atoms with Crippen molar-refractivity contribution in [2.24, 2.45) is 0 Å². The number of benzene rings is 1. The second-order valence-electron chi connectivity index (χ2n) is 5.87. The number of ketones is 1. The van der Waals surface area contributed by atoms with E-state index in [9.17, 15) is 14.4 Å². The molecule has 8 heteroatoms. The quantitative estimate of drug-likeness (QED) is 0.627. The first kappa shape index (κ1) is 18.0. The van der Waals surface area contributed by atoms with E-state index >= 15 is 0 Å². The van der Waals surface area contributed by atoms with Crippen molar-refractivity contribution in [1.82, 2.24) is 12.9 Å². The van der Waals surface area contributed by atoms with E-state index in [1.807, 2.05) is 18.2 Å². The minimum absolute atomic E-state index is 0.0383. The van der Waals surface area contributed by atoms with Gasteiger partial charge in [-0.25, -0.2) is 0 Å². The number of rotatable bonds is 4. The van der Waals surface area contributed by atoms with Gasteiger partial charge in [0.05, 0.1) is 0 Å². The van der Waals surface area contributed by atoms with Crippen LogP contribution in [0.25, 0.3) is 0 Å². The van der Waals surface area contributed by atoms with Crippen LogP contribution in [0.1, 0.15) is 10.4 Å². The van der Waals surface area contributed by atoms with Crippen molar-refractivity contribution < 1.29 is 19.2 Å². The number of hydrogen-bond donors (Lipinski definition) is 0. The van der Waals surface area contributed by atoms with Crippen molar-refractivity contribution in [2.45, 2.75) is 3.67 Å². The minimum atomic E-state index is -1.46. The number of piperazine rings is 1. The fourth-order valence-corrected chi connectivity index (χ4v) is 6.07. The molecule has 7 nitrogen and oxygen atoms in total. The van der Waals surface area contributed by atoms with Gasteiger partial charge in [0.1, 0.15) is 0 Å². The fraction of sp³-hybridized carbons (Fsp3) is 0.353. The maximum atomic E-state index is 12.4. The van der Waals surface area contributed by atoms with Gasteiger partial charge in [0, 0.05) is 0 Å². The Morgan fingerprint density at radius 1 is 1.04 bits per heavy atom. The number of nitrogens with zero attached hydrogens (tertiary/aromatic N) is 3. The van der Waals surface area contributed by atoms with Gasteiger partial charge >= 0.3 is 158 Å². The van der Waals surface area contributed by atoms with Crippen LogP contribution in [-0.4, -0.2) is 86.9 Å². The van der Waals surface area contributed by atoms with Crippen molar-refractivity contribution in [3.63, 3.8) is 0 Å². The Hall–Kier alpha value is -1.80. The van der Waals surface area contributed by atoms with Crippen LogP contribution in [0.2, 0.25) is 3.67 Å². The molecule has 129 valence electrons. The third kappa shape index (κ3) is 4.07. The molecule has 1 radical (unpaired) electrons. The molecule has 0 saturated carbocycles. The molecular formula is C17H19InN3O4. The third-order valence-corrected chi connectivity index (χ3v) is 8.69. The number of allylic oxidation sites excluding steroid dienone is 1. The van der Waals surface area contributed by atoms with Crippen molar-refractivity contribution in [2.75, 3.05) is 33.3 Å². The van der Waals surface area contributed by atoms with Gasteiger partial charge in [0.2, 0.25) is 0 Å². The Bertz CT molecular complexity index is 686. The normalized spacial score (nSPS) is 19.7. The average Bonchev–Trinajstić information content (AvgIpc) is 3.16. The fourth-order valence-electron chi connectivity index (χ4n) is 2.89. The SMILES string of the molecule is CO[N]1C=C[CH](C(=O)C(=O)N2CCN(C(=O)c3ccccc3)CC2)[In]1. The average molecular weight is 444 g/mol. The number of carbonyl (C=O) groups is 3. The van der Waals surface area contributed by atoms with Gasteiger partial charge in [-0.15, -0.1) is 0 Å². The first-order valence-electron chi connectivity index (χ1n) is 8.13. The Morgan fingerprint density at radius 2 is 1.68 bits per heavy atom. The van der Waals surface area contributed by atoms with Gasteiger partial charge in [-0.3, -0.25) is 0 Å². The third-order valence-electron chi connectivity index (χ3n) is 4.35. The molecule has 1 saturated heterocycles. The topological polar surface area (TPSA) is 70.2 Å². The summed E-state index contributed by atoms with van der Waals surface area (Å²) in [5, 5.41) is 0. The molecule has 1 aromatic rings. The standard InChI is InChI=1S/C17H19N3O4.In/c1-24-18-9-5-8-15(21)17(23)20-12-10-19(11-13-20)16(22)14-6-3-2-4-7-14;/h2-9H,10-13H2,1H3;/q-1;+1. The molecule has 25 heavy (non-hydrogen) atoms. The van der Waals surface area contributed by atoms with Gasteiger partial charge in [-0.05, 0) is 0 Å². The van der Waals surface area contributed by atoms with E-state index < -0.39 is 29.1 Å². The Balaban J connectivity index is 1.53. The summed E-state index contributed by atoms with van der Waals surface area (Å²) in [6.45, 7) is 1.67. The summed E-state index contributed by atoms with van der Waals surface area (Å²) in [5.41, 5.74) is 0.641. The molecule has 2 aliphatic heterocycles. The molecule has 3 rings (SSSR count). The van der Waals surface area contributed by atoms with Crippen LogP contribution >= 0.6 is 0 Å². The Kier molecular flexibility index (Phi) is 5.80. The number of Topliss-reactive ketones (excluding diaryl/α,β-unsaturated/α-hetero) is 1. The predicted octanol–water partition coefficient (Wildman–Crippen LogP) is 0.338. The second kappa shape index (κ2) is 8.05. The van der Waals surface area contributed by atoms with Gasteiger partial charge in [0.25, 0.3) is 0 Å². The number of carbonyl (C=O) groups excluding carboxylic acids is 3. The van der Waals surface area contributed by atoms with Crippen LogP contribution in [0.15, 0.2) is 42.6 Å². The van der Waals surface area contributed by atoms with E-state index in [2.05, 4.69) is 0 Å². The van der Waals surface area contributed by atoms with Crippen LogP contribution in [0.3, 0.4) is 0 Å². The van der Waals surface area contributed by atoms with Crippen molar-refractivity contribution in [1.29, 1.82) is 0 Å². The summed E-state index contributed by atoms with van der Waals surface area (Å²) >= 11 is -1.46. The van der Waals surface area contributed by atoms with E-state index in [0.29, 0.717) is 31.7 Å². The summed E-state index contributed by atoms with van der Waals surface area (Å²) in [6.07, 6.45) is 3.51. The first-order valence-corrected chi connectivity index (χ1v) is 11.5. The number of hydrogen-bond acceptors (Lipinski definition) is 5. The van der Waals surface area contributed by atoms with E-state index in [-0.39, 0.29) is 15.4 Å². The maximum absolute atomic E-state index is 12.4. The number of amides is 2. The number of hydroxylamine groups is 1. The molecule has 0 N–H and O–H groups in total. The molecule has 1 unspecified atom stereocenters. The molecule has 1 atom stereocenters. The van der Waals surface area contributed by atoms with Crippen molar-refractivity contribution in [3.8, 4) is 0 Å². The monoisotopic (exact) mass is 444 g/mol. The summed E-state index contributed by atoms with van der Waals surface area (Å²) in [5.74, 6) is -0.825. The molecular weight excluding hydrogens is 425 g/mol. The molecule has 0 spiro atoms. The second-order valence-corrected chi connectivity index (χ2v) is 10.2. The summed E-state index contributed by atoms with van der Waals surface area (Å²) in [7, 11) is 1.56.